The summed E-state index contributed by atoms with van der Waals surface area (Å²) >= 11 is 0. The van der Waals surface area contributed by atoms with Gasteiger partial charge in [0.25, 0.3) is 0 Å². The third-order valence-corrected chi connectivity index (χ3v) is 4.34. The van der Waals surface area contributed by atoms with Gasteiger partial charge >= 0.3 is 0 Å². The first-order valence-electron chi connectivity index (χ1n) is 8.12. The number of amides is 2. The van der Waals surface area contributed by atoms with Crippen molar-refractivity contribution in [3.8, 4) is 0 Å². The monoisotopic (exact) mass is 327 g/mol. The number of carbonyl (C=O) groups excluding carboxylic acids is 2. The highest BCUT2D eigenvalue weighted by Gasteiger charge is 2.33. The normalized spacial score (nSPS) is 17.3. The lowest BCUT2D eigenvalue weighted by molar-refractivity contribution is -0.128. The summed E-state index contributed by atoms with van der Waals surface area (Å²) in [5.41, 5.74) is 2.12. The molecule has 0 spiro atoms. The molecule has 3 rings (SSSR count). The van der Waals surface area contributed by atoms with Crippen LogP contribution in [0.2, 0.25) is 0 Å². The number of hydrogen-bond acceptors (Lipinski definition) is 4. The van der Waals surface area contributed by atoms with Crippen molar-refractivity contribution in [2.24, 2.45) is 5.92 Å². The average Bonchev–Trinajstić information content (AvgIpc) is 3.23. The molecule has 1 saturated heterocycles. The van der Waals surface area contributed by atoms with E-state index in [4.69, 9.17) is 0 Å². The molecular formula is C17H21N5O2. The van der Waals surface area contributed by atoms with Crippen LogP contribution in [0.5, 0.6) is 0 Å². The Morgan fingerprint density at radius 2 is 2.12 bits per heavy atom. The molecule has 126 valence electrons. The van der Waals surface area contributed by atoms with Crippen LogP contribution in [0.4, 0.5) is 0 Å². The second kappa shape index (κ2) is 7.25. The maximum Gasteiger partial charge on any atom is 0.225 e. The topological polar surface area (TPSA) is 80.1 Å². The highest BCUT2D eigenvalue weighted by molar-refractivity contribution is 5.89. The van der Waals surface area contributed by atoms with Crippen LogP contribution in [0.1, 0.15) is 24.5 Å². The number of benzene rings is 1. The van der Waals surface area contributed by atoms with E-state index in [1.54, 1.807) is 15.9 Å². The number of hydrogen-bond donors (Lipinski definition) is 1. The third-order valence-electron chi connectivity index (χ3n) is 4.34. The fourth-order valence-corrected chi connectivity index (χ4v) is 2.95. The Bertz CT molecular complexity index is 714. The molecule has 1 atom stereocenters. The summed E-state index contributed by atoms with van der Waals surface area (Å²) in [5, 5.41) is 7.08. The standard InChI is InChI=1S/C17H21N5O2/c1-2-21-9-15(7-16(21)23)17(24)19-8-13-5-3-4-6-14(13)10-22-12-18-11-20-22/h3-6,11-12,15H,2,7-10H2,1H3,(H,19,24)/t15-/m0/s1. The molecule has 1 aliphatic rings. The van der Waals surface area contributed by atoms with Gasteiger partial charge in [0.1, 0.15) is 12.7 Å². The summed E-state index contributed by atoms with van der Waals surface area (Å²) in [6.45, 7) is 4.15. The van der Waals surface area contributed by atoms with Crippen LogP contribution >= 0.6 is 0 Å². The van der Waals surface area contributed by atoms with Crippen LogP contribution < -0.4 is 5.32 Å². The summed E-state index contributed by atoms with van der Waals surface area (Å²) in [6, 6.07) is 7.92. The predicted molar refractivity (Wildman–Crippen MR) is 87.8 cm³/mol. The SMILES string of the molecule is CCN1C[C@@H](C(=O)NCc2ccccc2Cn2cncn2)CC1=O. The van der Waals surface area contributed by atoms with Crippen LogP contribution in [-0.2, 0) is 22.7 Å². The highest BCUT2D eigenvalue weighted by Crippen LogP contribution is 2.18. The molecule has 1 aromatic carbocycles. The van der Waals surface area contributed by atoms with Crippen LogP contribution in [0.15, 0.2) is 36.9 Å². The minimum Gasteiger partial charge on any atom is -0.352 e. The molecule has 0 unspecified atom stereocenters. The van der Waals surface area contributed by atoms with Gasteiger partial charge in [0.2, 0.25) is 11.8 Å². The van der Waals surface area contributed by atoms with E-state index in [1.165, 1.54) is 6.33 Å². The van der Waals surface area contributed by atoms with Crippen molar-refractivity contribution in [1.82, 2.24) is 25.0 Å². The van der Waals surface area contributed by atoms with Crippen molar-refractivity contribution in [2.45, 2.75) is 26.4 Å². The zero-order chi connectivity index (χ0) is 16.9. The van der Waals surface area contributed by atoms with E-state index in [-0.39, 0.29) is 17.7 Å². The van der Waals surface area contributed by atoms with Gasteiger partial charge in [-0.3, -0.25) is 9.59 Å². The Hall–Kier alpha value is -2.70. The van der Waals surface area contributed by atoms with Crippen molar-refractivity contribution in [3.05, 3.63) is 48.0 Å². The Labute approximate surface area is 140 Å². The second-order valence-electron chi connectivity index (χ2n) is 5.91. The maximum absolute atomic E-state index is 12.3. The van der Waals surface area contributed by atoms with Crippen LogP contribution in [-0.4, -0.2) is 44.6 Å². The number of carbonyl (C=O) groups is 2. The quantitative estimate of drug-likeness (QED) is 0.851. The largest absolute Gasteiger partial charge is 0.352 e. The highest BCUT2D eigenvalue weighted by atomic mass is 16.2. The Balaban J connectivity index is 1.60. The zero-order valence-electron chi connectivity index (χ0n) is 13.7. The van der Waals surface area contributed by atoms with E-state index in [0.29, 0.717) is 32.6 Å². The number of likely N-dealkylation sites (tertiary alicyclic amines) is 1. The van der Waals surface area contributed by atoms with Crippen LogP contribution in [0, 0.1) is 5.92 Å². The molecule has 7 heteroatoms. The first-order valence-corrected chi connectivity index (χ1v) is 8.12. The van der Waals surface area contributed by atoms with Gasteiger partial charge in [-0.15, -0.1) is 0 Å². The lowest BCUT2D eigenvalue weighted by Gasteiger charge is -2.15. The van der Waals surface area contributed by atoms with E-state index in [1.807, 2.05) is 31.2 Å². The first-order chi connectivity index (χ1) is 11.7. The number of nitrogens with one attached hydrogen (secondary N) is 1. The van der Waals surface area contributed by atoms with E-state index >= 15 is 0 Å². The van der Waals surface area contributed by atoms with Gasteiger partial charge < -0.3 is 10.2 Å². The third kappa shape index (κ3) is 3.61. The minimum absolute atomic E-state index is 0.0595. The van der Waals surface area contributed by atoms with Gasteiger partial charge in [-0.05, 0) is 18.1 Å². The summed E-state index contributed by atoms with van der Waals surface area (Å²) in [6.07, 6.45) is 3.47. The zero-order valence-corrected chi connectivity index (χ0v) is 13.7. The average molecular weight is 327 g/mol. The van der Waals surface area contributed by atoms with Gasteiger partial charge in [0.05, 0.1) is 12.5 Å². The van der Waals surface area contributed by atoms with Crippen molar-refractivity contribution in [3.63, 3.8) is 0 Å². The van der Waals surface area contributed by atoms with E-state index in [9.17, 15) is 9.59 Å². The molecule has 2 amide bonds. The van der Waals surface area contributed by atoms with Crippen molar-refractivity contribution in [2.75, 3.05) is 13.1 Å². The molecule has 2 heterocycles. The lowest BCUT2D eigenvalue weighted by Crippen LogP contribution is -2.32. The fourth-order valence-electron chi connectivity index (χ4n) is 2.95. The molecule has 0 bridgehead atoms. The Morgan fingerprint density at radius 3 is 2.79 bits per heavy atom. The summed E-state index contributed by atoms with van der Waals surface area (Å²) in [5.74, 6) is -0.251. The Morgan fingerprint density at radius 1 is 1.33 bits per heavy atom. The van der Waals surface area contributed by atoms with Crippen molar-refractivity contribution >= 4 is 11.8 Å². The fraction of sp³-hybridized carbons (Fsp3) is 0.412. The smallest absolute Gasteiger partial charge is 0.225 e. The van der Waals surface area contributed by atoms with Gasteiger partial charge in [0, 0.05) is 26.1 Å². The van der Waals surface area contributed by atoms with Crippen molar-refractivity contribution < 1.29 is 9.59 Å². The molecule has 1 fully saturated rings. The molecule has 0 aliphatic carbocycles. The minimum atomic E-state index is -0.250. The summed E-state index contributed by atoms with van der Waals surface area (Å²) in [4.78, 5) is 29.8. The molecule has 0 saturated carbocycles. The lowest BCUT2D eigenvalue weighted by atomic mass is 10.1. The van der Waals surface area contributed by atoms with E-state index < -0.39 is 0 Å². The summed E-state index contributed by atoms with van der Waals surface area (Å²) < 4.78 is 1.75. The molecule has 2 aromatic rings. The first kappa shape index (κ1) is 16.2. The molecule has 0 radical (unpaired) electrons. The molecule has 1 aliphatic heterocycles. The van der Waals surface area contributed by atoms with Crippen LogP contribution in [0.25, 0.3) is 0 Å². The van der Waals surface area contributed by atoms with Gasteiger partial charge in [-0.1, -0.05) is 24.3 Å². The molecule has 1 N–H and O–H groups in total. The molecule has 1 aromatic heterocycles. The predicted octanol–water partition coefficient (Wildman–Crippen LogP) is 0.811. The van der Waals surface area contributed by atoms with Gasteiger partial charge in [0.15, 0.2) is 0 Å². The van der Waals surface area contributed by atoms with Gasteiger partial charge in [-0.2, -0.15) is 5.10 Å². The van der Waals surface area contributed by atoms with E-state index in [0.717, 1.165) is 11.1 Å². The molecule has 24 heavy (non-hydrogen) atoms. The Kier molecular flexibility index (Phi) is 4.88. The number of nitrogens with zero attached hydrogens (tertiary/aromatic N) is 4. The molecule has 7 nitrogen and oxygen atoms in total. The molecular weight excluding hydrogens is 306 g/mol. The maximum atomic E-state index is 12.3. The van der Waals surface area contributed by atoms with Crippen molar-refractivity contribution in [1.29, 1.82) is 0 Å². The summed E-state index contributed by atoms with van der Waals surface area (Å²) in [7, 11) is 0. The van der Waals surface area contributed by atoms with E-state index in [2.05, 4.69) is 15.4 Å². The number of aromatic nitrogens is 3. The van der Waals surface area contributed by atoms with Crippen LogP contribution in [0.3, 0.4) is 0 Å². The number of rotatable bonds is 6. The van der Waals surface area contributed by atoms with Gasteiger partial charge in [-0.25, -0.2) is 9.67 Å². The second-order valence-corrected chi connectivity index (χ2v) is 5.91.